The second-order valence-corrected chi connectivity index (χ2v) is 9.97. The molecule has 43 heavy (non-hydrogen) atoms. The zero-order valence-electron chi connectivity index (χ0n) is 28.1. The van der Waals surface area contributed by atoms with E-state index >= 15 is 0 Å². The van der Waals surface area contributed by atoms with Crippen LogP contribution in [0.3, 0.4) is 0 Å². The molecule has 2 aromatic rings. The smallest absolute Gasteiger partial charge is 0.209 e. The molecule has 1 aliphatic heterocycles. The number of halogens is 2. The van der Waals surface area contributed by atoms with Crippen LogP contribution in [0.4, 0.5) is 8.78 Å². The van der Waals surface area contributed by atoms with Gasteiger partial charge in [0.15, 0.2) is 0 Å². The van der Waals surface area contributed by atoms with E-state index in [1.54, 1.807) is 14.1 Å². The van der Waals surface area contributed by atoms with Gasteiger partial charge in [-0.05, 0) is 63.1 Å². The number of hydrogen-bond acceptors (Lipinski definition) is 4. The number of carbonyl (C=O) groups excluding carboxylic acids is 2. The van der Waals surface area contributed by atoms with Gasteiger partial charge in [-0.1, -0.05) is 88.8 Å². The molecule has 0 aromatic heterocycles. The Bertz CT molecular complexity index is 1110. The molecule has 5 nitrogen and oxygen atoms in total. The van der Waals surface area contributed by atoms with Gasteiger partial charge < -0.3 is 15.0 Å². The SMILES string of the molecule is C/C=C\C/C(=C\CC)NC.CC=O.CCC.CCC1(c2ccccc2)C=C(c2cc(F)ccc2F)CN1C.CN(C)C=O. The van der Waals surface area contributed by atoms with Gasteiger partial charge in [0.2, 0.25) is 6.41 Å². The first-order valence-electron chi connectivity index (χ1n) is 14.9. The summed E-state index contributed by atoms with van der Waals surface area (Å²) in [5.74, 6) is -0.783. The summed E-state index contributed by atoms with van der Waals surface area (Å²) in [6, 6.07) is 13.8. The van der Waals surface area contributed by atoms with Gasteiger partial charge in [-0.15, -0.1) is 0 Å². The van der Waals surface area contributed by atoms with Crippen molar-refractivity contribution < 1.29 is 18.4 Å². The number of aldehydes is 1. The van der Waals surface area contributed by atoms with E-state index < -0.39 is 5.82 Å². The molecule has 0 bridgehead atoms. The van der Waals surface area contributed by atoms with Gasteiger partial charge in [-0.3, -0.25) is 9.69 Å². The van der Waals surface area contributed by atoms with Gasteiger partial charge in [0.25, 0.3) is 0 Å². The molecular formula is C36H55F2N3O2. The molecule has 0 saturated carbocycles. The molecule has 240 valence electrons. The molecule has 1 heterocycles. The second-order valence-electron chi connectivity index (χ2n) is 9.97. The van der Waals surface area contributed by atoms with Crippen molar-refractivity contribution in [3.05, 3.63) is 101 Å². The highest BCUT2D eigenvalue weighted by atomic mass is 19.1. The van der Waals surface area contributed by atoms with Crippen molar-refractivity contribution >= 4 is 18.3 Å². The lowest BCUT2D eigenvalue weighted by Gasteiger charge is -2.35. The van der Waals surface area contributed by atoms with Crippen LogP contribution in [0.1, 0.15) is 78.4 Å². The third kappa shape index (κ3) is 16.0. The Morgan fingerprint density at radius 3 is 2.02 bits per heavy atom. The van der Waals surface area contributed by atoms with Gasteiger partial charge in [0.1, 0.15) is 17.9 Å². The van der Waals surface area contributed by atoms with Crippen LogP contribution >= 0.6 is 0 Å². The van der Waals surface area contributed by atoms with Crippen molar-refractivity contribution in [2.45, 2.75) is 72.8 Å². The molecule has 0 radical (unpaired) electrons. The predicted octanol–water partition coefficient (Wildman–Crippen LogP) is 8.39. The topological polar surface area (TPSA) is 52.7 Å². The first kappa shape index (κ1) is 41.6. The van der Waals surface area contributed by atoms with Gasteiger partial charge >= 0.3 is 0 Å². The monoisotopic (exact) mass is 599 g/mol. The predicted molar refractivity (Wildman–Crippen MR) is 180 cm³/mol. The van der Waals surface area contributed by atoms with Crippen molar-refractivity contribution in [1.82, 2.24) is 15.1 Å². The Labute approximate surface area is 260 Å². The first-order chi connectivity index (χ1) is 20.5. The van der Waals surface area contributed by atoms with Gasteiger partial charge in [0.05, 0.1) is 5.54 Å². The minimum atomic E-state index is -0.409. The lowest BCUT2D eigenvalue weighted by atomic mass is 9.86. The fourth-order valence-electron chi connectivity index (χ4n) is 4.13. The molecule has 7 heteroatoms. The molecule has 0 aliphatic carbocycles. The quantitative estimate of drug-likeness (QED) is 0.245. The van der Waals surface area contributed by atoms with Crippen molar-refractivity contribution in [3.63, 3.8) is 0 Å². The summed E-state index contributed by atoms with van der Waals surface area (Å²) >= 11 is 0. The molecule has 1 aliphatic rings. The minimum absolute atomic E-state index is 0.269. The molecule has 0 spiro atoms. The highest BCUT2D eigenvalue weighted by Crippen LogP contribution is 2.41. The van der Waals surface area contributed by atoms with Crippen molar-refractivity contribution in [2.75, 3.05) is 34.7 Å². The van der Waals surface area contributed by atoms with Crippen LogP contribution in [-0.2, 0) is 15.1 Å². The Hall–Kier alpha value is -3.58. The number of nitrogens with one attached hydrogen (secondary N) is 1. The summed E-state index contributed by atoms with van der Waals surface area (Å²) in [5, 5.41) is 3.15. The summed E-state index contributed by atoms with van der Waals surface area (Å²) in [6.07, 6.45) is 14.3. The van der Waals surface area contributed by atoms with Crippen LogP contribution in [0.15, 0.2) is 78.5 Å². The highest BCUT2D eigenvalue weighted by Gasteiger charge is 2.38. The van der Waals surface area contributed by atoms with Crippen LogP contribution in [0, 0.1) is 11.6 Å². The number of rotatable bonds is 8. The van der Waals surface area contributed by atoms with Crippen molar-refractivity contribution in [3.8, 4) is 0 Å². The molecule has 1 unspecified atom stereocenters. The van der Waals surface area contributed by atoms with Gasteiger partial charge in [0, 0.05) is 45.4 Å². The molecule has 1 atom stereocenters. The second kappa shape index (κ2) is 25.0. The average molecular weight is 600 g/mol. The van der Waals surface area contributed by atoms with Crippen molar-refractivity contribution in [2.24, 2.45) is 0 Å². The van der Waals surface area contributed by atoms with Gasteiger partial charge in [-0.25, -0.2) is 8.78 Å². The van der Waals surface area contributed by atoms with E-state index in [0.717, 1.165) is 43.6 Å². The van der Waals surface area contributed by atoms with E-state index in [9.17, 15) is 13.6 Å². The maximum Gasteiger partial charge on any atom is 0.209 e. The molecular weight excluding hydrogens is 544 g/mol. The number of benzene rings is 2. The van der Waals surface area contributed by atoms with Crippen LogP contribution in [-0.4, -0.2) is 57.2 Å². The van der Waals surface area contributed by atoms with E-state index in [4.69, 9.17) is 4.79 Å². The van der Waals surface area contributed by atoms with Crippen LogP contribution < -0.4 is 5.32 Å². The maximum absolute atomic E-state index is 14.1. The third-order valence-electron chi connectivity index (χ3n) is 6.14. The fourth-order valence-corrected chi connectivity index (χ4v) is 4.13. The Morgan fingerprint density at radius 2 is 1.58 bits per heavy atom. The number of amides is 1. The molecule has 0 fully saturated rings. The number of likely N-dealkylation sites (N-methyl/N-ethyl adjacent to an activating group) is 1. The number of hydrogen-bond donors (Lipinski definition) is 1. The highest BCUT2D eigenvalue weighted by molar-refractivity contribution is 5.72. The standard InChI is InChI=1S/C19H19F2N.C9H17N.C3H7NO.C3H8.C2H4O/c1-3-19(15-7-5-4-6-8-15)12-14(13-22(19)2)17-11-16(20)9-10-18(17)21;1-4-6-8-9(10-3)7-5-2;1-4(2)3-5;1-3-2;1-2-3/h4-12H,3,13H2,1-2H3;4,6-7,10H,5,8H2,1-3H3;3H,1-2H3;3H2,1-2H3;2H,1H3/b;6-4-,9-7+;;;. The third-order valence-corrected chi connectivity index (χ3v) is 6.14. The van der Waals surface area contributed by atoms with E-state index in [1.807, 2.05) is 39.2 Å². The Morgan fingerprint density at radius 1 is 1.02 bits per heavy atom. The van der Waals surface area contributed by atoms with Crippen molar-refractivity contribution in [1.29, 1.82) is 0 Å². The number of carbonyl (C=O) groups is 2. The molecule has 0 saturated heterocycles. The summed E-state index contributed by atoms with van der Waals surface area (Å²) in [7, 11) is 7.36. The Balaban J connectivity index is 0. The van der Waals surface area contributed by atoms with E-state index in [1.165, 1.54) is 41.6 Å². The lowest BCUT2D eigenvalue weighted by molar-refractivity contribution is -0.116. The number of nitrogens with zero attached hydrogens (tertiary/aromatic N) is 2. The average Bonchev–Trinajstić information content (AvgIpc) is 3.35. The number of allylic oxidation sites excluding steroid dienone is 3. The molecule has 1 N–H and O–H groups in total. The van der Waals surface area contributed by atoms with Crippen LogP contribution in [0.25, 0.3) is 5.57 Å². The first-order valence-corrected chi connectivity index (χ1v) is 14.9. The summed E-state index contributed by atoms with van der Waals surface area (Å²) in [4.78, 5) is 21.9. The maximum atomic E-state index is 14.1. The van der Waals surface area contributed by atoms with Crippen LogP contribution in [0.5, 0.6) is 0 Å². The van der Waals surface area contributed by atoms with E-state index in [0.29, 0.717) is 12.1 Å². The fraction of sp³-hybridized carbons (Fsp3) is 0.444. The molecule has 3 rings (SSSR count). The van der Waals surface area contributed by atoms with Crippen LogP contribution in [0.2, 0.25) is 0 Å². The normalized spacial score (nSPS) is 15.6. The summed E-state index contributed by atoms with van der Waals surface area (Å²) in [6.45, 7) is 12.6. The summed E-state index contributed by atoms with van der Waals surface area (Å²) in [5.41, 5.74) is 3.41. The zero-order chi connectivity index (χ0) is 33.3. The lowest BCUT2D eigenvalue weighted by Crippen LogP contribution is -2.38. The summed E-state index contributed by atoms with van der Waals surface area (Å²) < 4.78 is 27.6. The Kier molecular flexibility index (Phi) is 24.1. The minimum Gasteiger partial charge on any atom is -0.391 e. The van der Waals surface area contributed by atoms with E-state index in [-0.39, 0.29) is 11.4 Å². The largest absolute Gasteiger partial charge is 0.391 e. The van der Waals surface area contributed by atoms with Gasteiger partial charge in [-0.2, -0.15) is 0 Å². The zero-order valence-corrected chi connectivity index (χ0v) is 28.1. The van der Waals surface area contributed by atoms with E-state index in [2.05, 4.69) is 74.3 Å². The molecule has 2 aromatic carbocycles. The molecule has 1 amide bonds.